The van der Waals surface area contributed by atoms with Gasteiger partial charge in [-0.05, 0) is 56.8 Å². The number of benzene rings is 2. The molecule has 4 aromatic rings. The van der Waals surface area contributed by atoms with Crippen LogP contribution in [0.25, 0.3) is 16.6 Å². The van der Waals surface area contributed by atoms with E-state index in [1.807, 2.05) is 37.6 Å². The number of imidazole rings is 1. The van der Waals surface area contributed by atoms with Crippen molar-refractivity contribution in [3.63, 3.8) is 0 Å². The SMILES string of the molecule is Cc1cccc(Cl)c1Nc1nc2cc(NCCCN3CCN(C)CC3)ccc2n2cncc12. The molecule has 3 heterocycles. The zero-order valence-electron chi connectivity index (χ0n) is 19.2. The van der Waals surface area contributed by atoms with Crippen molar-refractivity contribution in [1.82, 2.24) is 24.2 Å². The van der Waals surface area contributed by atoms with Crippen molar-refractivity contribution in [2.45, 2.75) is 13.3 Å². The van der Waals surface area contributed by atoms with E-state index in [0.29, 0.717) is 5.02 Å². The molecule has 0 unspecified atom stereocenters. The van der Waals surface area contributed by atoms with Crippen molar-refractivity contribution >= 4 is 45.3 Å². The van der Waals surface area contributed by atoms with Gasteiger partial charge in [0.15, 0.2) is 5.82 Å². The molecule has 0 spiro atoms. The predicted molar refractivity (Wildman–Crippen MR) is 137 cm³/mol. The van der Waals surface area contributed by atoms with Crippen LogP contribution in [0, 0.1) is 6.92 Å². The Labute approximate surface area is 199 Å². The first-order chi connectivity index (χ1) is 16.1. The van der Waals surface area contributed by atoms with E-state index in [2.05, 4.69) is 55.1 Å². The van der Waals surface area contributed by atoms with Crippen LogP contribution in [0.15, 0.2) is 48.9 Å². The lowest BCUT2D eigenvalue weighted by Crippen LogP contribution is -2.44. The molecular formula is C25H30ClN7. The molecule has 0 saturated carbocycles. The number of hydrogen-bond acceptors (Lipinski definition) is 6. The number of para-hydroxylation sites is 1. The summed E-state index contributed by atoms with van der Waals surface area (Å²) in [6, 6.07) is 12.2. The number of nitrogens with zero attached hydrogens (tertiary/aromatic N) is 5. The summed E-state index contributed by atoms with van der Waals surface area (Å²) in [5, 5.41) is 7.68. The van der Waals surface area contributed by atoms with Gasteiger partial charge in [0, 0.05) is 38.4 Å². The summed E-state index contributed by atoms with van der Waals surface area (Å²) in [7, 11) is 2.20. The fourth-order valence-corrected chi connectivity index (χ4v) is 4.64. The highest BCUT2D eigenvalue weighted by atomic mass is 35.5. The van der Waals surface area contributed by atoms with Crippen LogP contribution in [0.2, 0.25) is 5.02 Å². The van der Waals surface area contributed by atoms with Gasteiger partial charge in [-0.25, -0.2) is 9.97 Å². The zero-order valence-corrected chi connectivity index (χ0v) is 19.9. The van der Waals surface area contributed by atoms with E-state index in [1.54, 1.807) is 0 Å². The van der Waals surface area contributed by atoms with E-state index in [1.165, 1.54) is 0 Å². The molecule has 2 aromatic carbocycles. The molecule has 1 saturated heterocycles. The molecule has 8 heteroatoms. The second kappa shape index (κ2) is 9.55. The number of aromatic nitrogens is 3. The lowest BCUT2D eigenvalue weighted by atomic mass is 10.2. The molecule has 5 rings (SSSR count). The maximum atomic E-state index is 6.45. The van der Waals surface area contributed by atoms with Crippen molar-refractivity contribution < 1.29 is 0 Å². The van der Waals surface area contributed by atoms with Crippen LogP contribution in [-0.2, 0) is 0 Å². The Hall–Kier alpha value is -2.87. The molecule has 0 atom stereocenters. The zero-order chi connectivity index (χ0) is 22.8. The molecule has 2 N–H and O–H groups in total. The van der Waals surface area contributed by atoms with Gasteiger partial charge in [-0.2, -0.15) is 0 Å². The first kappa shape index (κ1) is 21.9. The molecule has 2 aromatic heterocycles. The van der Waals surface area contributed by atoms with Crippen LogP contribution in [0.3, 0.4) is 0 Å². The quantitative estimate of drug-likeness (QED) is 0.389. The van der Waals surface area contributed by atoms with Crippen LogP contribution in [0.4, 0.5) is 17.2 Å². The monoisotopic (exact) mass is 463 g/mol. The van der Waals surface area contributed by atoms with Gasteiger partial charge in [0.25, 0.3) is 0 Å². The lowest BCUT2D eigenvalue weighted by Gasteiger charge is -2.32. The largest absolute Gasteiger partial charge is 0.385 e. The van der Waals surface area contributed by atoms with E-state index in [-0.39, 0.29) is 0 Å². The van der Waals surface area contributed by atoms with E-state index in [9.17, 15) is 0 Å². The van der Waals surface area contributed by atoms with Gasteiger partial charge in [-0.15, -0.1) is 0 Å². The van der Waals surface area contributed by atoms with Crippen molar-refractivity contribution in [3.8, 4) is 0 Å². The normalized spacial score (nSPS) is 15.4. The molecule has 0 aliphatic carbocycles. The number of hydrogen-bond donors (Lipinski definition) is 2. The highest BCUT2D eigenvalue weighted by molar-refractivity contribution is 6.33. The van der Waals surface area contributed by atoms with Crippen molar-refractivity contribution in [2.75, 3.05) is 56.9 Å². The summed E-state index contributed by atoms with van der Waals surface area (Å²) < 4.78 is 2.06. The summed E-state index contributed by atoms with van der Waals surface area (Å²) in [6.45, 7) is 8.76. The van der Waals surface area contributed by atoms with Gasteiger partial charge < -0.3 is 20.4 Å². The lowest BCUT2D eigenvalue weighted by molar-refractivity contribution is 0.154. The van der Waals surface area contributed by atoms with Gasteiger partial charge in [-0.3, -0.25) is 4.40 Å². The van der Waals surface area contributed by atoms with Crippen molar-refractivity contribution in [2.24, 2.45) is 0 Å². The summed E-state index contributed by atoms with van der Waals surface area (Å²) in [4.78, 5) is 14.2. The summed E-state index contributed by atoms with van der Waals surface area (Å²) in [5.41, 5.74) is 5.84. The first-order valence-corrected chi connectivity index (χ1v) is 11.9. The number of halogens is 1. The second-order valence-corrected chi connectivity index (χ2v) is 9.20. The summed E-state index contributed by atoms with van der Waals surface area (Å²) in [6.07, 6.45) is 4.77. The Morgan fingerprint density at radius 1 is 1.06 bits per heavy atom. The molecule has 0 bridgehead atoms. The van der Waals surface area contributed by atoms with Crippen molar-refractivity contribution in [3.05, 3.63) is 59.5 Å². The van der Waals surface area contributed by atoms with E-state index in [0.717, 1.165) is 85.0 Å². The van der Waals surface area contributed by atoms with E-state index >= 15 is 0 Å². The Morgan fingerprint density at radius 3 is 2.73 bits per heavy atom. The predicted octanol–water partition coefficient (Wildman–Crippen LogP) is 4.64. The standard InChI is InChI=1S/C25H30ClN7/c1-18-5-3-6-20(26)24(18)30-25-23-16-27-17-33(23)22-8-7-19(15-21(22)29-25)28-9-4-10-32-13-11-31(2)12-14-32/h3,5-8,15-17,28H,4,9-14H2,1-2H3,(H,29,30). The first-order valence-electron chi connectivity index (χ1n) is 11.5. The third-order valence-electron chi connectivity index (χ3n) is 6.39. The molecule has 1 aliphatic rings. The average Bonchev–Trinajstić information content (AvgIpc) is 3.31. The molecule has 33 heavy (non-hydrogen) atoms. The summed E-state index contributed by atoms with van der Waals surface area (Å²) in [5.74, 6) is 0.739. The smallest absolute Gasteiger partial charge is 0.157 e. The summed E-state index contributed by atoms with van der Waals surface area (Å²) >= 11 is 6.45. The Balaban J connectivity index is 1.33. The number of rotatable bonds is 7. The number of piperazine rings is 1. The highest BCUT2D eigenvalue weighted by Gasteiger charge is 2.14. The van der Waals surface area contributed by atoms with Crippen LogP contribution >= 0.6 is 11.6 Å². The number of likely N-dealkylation sites (N-methyl/N-ethyl adjacent to an activating group) is 1. The van der Waals surface area contributed by atoms with Crippen molar-refractivity contribution in [1.29, 1.82) is 0 Å². The fourth-order valence-electron chi connectivity index (χ4n) is 4.37. The average molecular weight is 464 g/mol. The number of fused-ring (bicyclic) bond motifs is 3. The van der Waals surface area contributed by atoms with Gasteiger partial charge in [0.05, 0.1) is 34.3 Å². The van der Waals surface area contributed by atoms with Gasteiger partial charge in [0.1, 0.15) is 5.52 Å². The minimum Gasteiger partial charge on any atom is -0.385 e. The fraction of sp³-hybridized carbons (Fsp3) is 0.360. The maximum Gasteiger partial charge on any atom is 0.157 e. The molecule has 1 aliphatic heterocycles. The Bertz CT molecular complexity index is 1240. The minimum atomic E-state index is 0.672. The van der Waals surface area contributed by atoms with Crippen LogP contribution in [0.1, 0.15) is 12.0 Å². The Kier molecular flexibility index (Phi) is 6.35. The molecular weight excluding hydrogens is 434 g/mol. The molecule has 172 valence electrons. The number of nitrogens with one attached hydrogen (secondary N) is 2. The van der Waals surface area contributed by atoms with E-state index in [4.69, 9.17) is 16.6 Å². The Morgan fingerprint density at radius 2 is 1.91 bits per heavy atom. The highest BCUT2D eigenvalue weighted by Crippen LogP contribution is 2.31. The molecule has 0 amide bonds. The van der Waals surface area contributed by atoms with Crippen LogP contribution in [0.5, 0.6) is 0 Å². The molecule has 7 nitrogen and oxygen atoms in total. The molecule has 1 fully saturated rings. The topological polar surface area (TPSA) is 60.7 Å². The third kappa shape index (κ3) is 4.76. The molecule has 0 radical (unpaired) electrons. The van der Waals surface area contributed by atoms with Gasteiger partial charge in [0.2, 0.25) is 0 Å². The van der Waals surface area contributed by atoms with Crippen LogP contribution < -0.4 is 10.6 Å². The number of anilines is 3. The third-order valence-corrected chi connectivity index (χ3v) is 6.70. The number of aryl methyl sites for hydroxylation is 1. The minimum absolute atomic E-state index is 0.672. The van der Waals surface area contributed by atoms with Gasteiger partial charge >= 0.3 is 0 Å². The van der Waals surface area contributed by atoms with Crippen LogP contribution in [-0.4, -0.2) is 70.5 Å². The second-order valence-electron chi connectivity index (χ2n) is 8.79. The van der Waals surface area contributed by atoms with E-state index < -0.39 is 0 Å². The maximum absolute atomic E-state index is 6.45. The van der Waals surface area contributed by atoms with Gasteiger partial charge in [-0.1, -0.05) is 23.7 Å².